The molecule has 0 amide bonds. The molecular weight excluding hydrogens is 238 g/mol. The highest BCUT2D eigenvalue weighted by Crippen LogP contribution is 2.28. The molecule has 1 aliphatic heterocycles. The van der Waals surface area contributed by atoms with E-state index in [2.05, 4.69) is 0 Å². The van der Waals surface area contributed by atoms with Crippen LogP contribution in [0.15, 0.2) is 0 Å². The summed E-state index contributed by atoms with van der Waals surface area (Å²) in [6.45, 7) is 2.70. The Balaban J connectivity index is 3.11. The van der Waals surface area contributed by atoms with Crippen LogP contribution in [0.5, 0.6) is 0 Å². The molecule has 0 saturated carbocycles. The largest absolute Gasteiger partial charge is 0.390 e. The van der Waals surface area contributed by atoms with Gasteiger partial charge in [0.15, 0.2) is 4.87 Å². The third-order valence-electron chi connectivity index (χ3n) is 2.97. The molecule has 0 aromatic rings. The first kappa shape index (κ1) is 13.8. The van der Waals surface area contributed by atoms with Crippen molar-refractivity contribution in [2.45, 2.75) is 31.1 Å². The van der Waals surface area contributed by atoms with Gasteiger partial charge in [-0.1, -0.05) is 0 Å². The zero-order valence-corrected chi connectivity index (χ0v) is 10.0. The number of rotatable bonds is 3. The summed E-state index contributed by atoms with van der Waals surface area (Å²) in [6, 6.07) is 0. The first-order valence-electron chi connectivity index (χ1n) is 4.89. The molecule has 7 nitrogen and oxygen atoms in total. The van der Waals surface area contributed by atoms with Crippen LogP contribution in [0.3, 0.4) is 0 Å². The van der Waals surface area contributed by atoms with Crippen molar-refractivity contribution < 1.29 is 27.9 Å². The molecule has 1 rings (SSSR count). The van der Waals surface area contributed by atoms with Crippen LogP contribution in [0.4, 0.5) is 0 Å². The predicted octanol–water partition coefficient (Wildman–Crippen LogP) is -1.38. The zero-order chi connectivity index (χ0) is 12.6. The molecule has 1 heterocycles. The van der Waals surface area contributed by atoms with Gasteiger partial charge in [0, 0.05) is 6.54 Å². The highest BCUT2D eigenvalue weighted by atomic mass is 32.2. The van der Waals surface area contributed by atoms with Crippen LogP contribution in [-0.2, 0) is 14.9 Å². The number of aliphatic hydroxyl groups is 2. The standard InChI is InChI=1S/C8H17NO6S/c1-6(10)8(2,16(12,13)14)9-3-4-15-5-7(9)11/h6-7,10-11H,3-5H2,1-2H3,(H,12,13,14). The van der Waals surface area contributed by atoms with Crippen molar-refractivity contribution >= 4 is 10.1 Å². The normalized spacial score (nSPS) is 29.7. The second-order valence-electron chi connectivity index (χ2n) is 3.95. The third kappa shape index (κ3) is 2.22. The summed E-state index contributed by atoms with van der Waals surface area (Å²) in [7, 11) is -4.54. The van der Waals surface area contributed by atoms with Crippen molar-refractivity contribution in [2.24, 2.45) is 0 Å². The van der Waals surface area contributed by atoms with Crippen LogP contribution in [0, 0.1) is 0 Å². The molecule has 3 unspecified atom stereocenters. The molecular formula is C8H17NO6S. The van der Waals surface area contributed by atoms with Crippen molar-refractivity contribution in [1.29, 1.82) is 0 Å². The lowest BCUT2D eigenvalue weighted by atomic mass is 10.1. The maximum absolute atomic E-state index is 11.3. The van der Waals surface area contributed by atoms with Crippen LogP contribution in [-0.4, -0.2) is 65.0 Å². The fourth-order valence-electron chi connectivity index (χ4n) is 1.71. The van der Waals surface area contributed by atoms with Gasteiger partial charge >= 0.3 is 0 Å². The summed E-state index contributed by atoms with van der Waals surface area (Å²) >= 11 is 0. The zero-order valence-electron chi connectivity index (χ0n) is 9.20. The Labute approximate surface area is 94.4 Å². The molecule has 0 aromatic heterocycles. The lowest BCUT2D eigenvalue weighted by Gasteiger charge is -2.44. The van der Waals surface area contributed by atoms with Gasteiger partial charge < -0.3 is 14.9 Å². The van der Waals surface area contributed by atoms with Gasteiger partial charge in [-0.25, -0.2) is 0 Å². The second-order valence-corrected chi connectivity index (χ2v) is 5.73. The van der Waals surface area contributed by atoms with Crippen LogP contribution in [0.25, 0.3) is 0 Å². The fraction of sp³-hybridized carbons (Fsp3) is 1.00. The monoisotopic (exact) mass is 255 g/mol. The van der Waals surface area contributed by atoms with Crippen molar-refractivity contribution in [3.63, 3.8) is 0 Å². The summed E-state index contributed by atoms with van der Waals surface area (Å²) in [5.41, 5.74) is 0. The summed E-state index contributed by atoms with van der Waals surface area (Å²) in [5, 5.41) is 19.2. The topological polar surface area (TPSA) is 107 Å². The van der Waals surface area contributed by atoms with E-state index >= 15 is 0 Å². The number of ether oxygens (including phenoxy) is 1. The molecule has 3 N–H and O–H groups in total. The number of hydrogen-bond acceptors (Lipinski definition) is 6. The van der Waals surface area contributed by atoms with Gasteiger partial charge in [0.2, 0.25) is 0 Å². The first-order chi connectivity index (χ1) is 7.21. The lowest BCUT2D eigenvalue weighted by molar-refractivity contribution is -0.146. The summed E-state index contributed by atoms with van der Waals surface area (Å²) in [6.07, 6.45) is -2.52. The lowest BCUT2D eigenvalue weighted by Crippen LogP contribution is -2.65. The Morgan fingerprint density at radius 3 is 2.50 bits per heavy atom. The van der Waals surface area contributed by atoms with E-state index < -0.39 is 27.3 Å². The van der Waals surface area contributed by atoms with Crippen molar-refractivity contribution in [1.82, 2.24) is 4.90 Å². The molecule has 1 aliphatic rings. The Kier molecular flexibility index (Phi) is 3.93. The maximum atomic E-state index is 11.3. The summed E-state index contributed by atoms with van der Waals surface area (Å²) in [5.74, 6) is 0. The van der Waals surface area contributed by atoms with E-state index in [1.807, 2.05) is 0 Å². The minimum atomic E-state index is -4.54. The molecule has 1 fully saturated rings. The van der Waals surface area contributed by atoms with E-state index in [4.69, 9.17) is 4.74 Å². The molecule has 1 saturated heterocycles. The van der Waals surface area contributed by atoms with Gasteiger partial charge in [0.1, 0.15) is 6.23 Å². The molecule has 0 aromatic carbocycles. The predicted molar refractivity (Wildman–Crippen MR) is 55.2 cm³/mol. The highest BCUT2D eigenvalue weighted by Gasteiger charge is 2.51. The van der Waals surface area contributed by atoms with Gasteiger partial charge in [-0.2, -0.15) is 8.42 Å². The third-order valence-corrected chi connectivity index (χ3v) is 4.59. The number of nitrogens with zero attached hydrogens (tertiary/aromatic N) is 1. The Morgan fingerprint density at radius 1 is 1.56 bits per heavy atom. The van der Waals surface area contributed by atoms with Crippen molar-refractivity contribution in [3.05, 3.63) is 0 Å². The van der Waals surface area contributed by atoms with Crippen molar-refractivity contribution in [2.75, 3.05) is 19.8 Å². The average molecular weight is 255 g/mol. The quantitative estimate of drug-likeness (QED) is 0.533. The molecule has 96 valence electrons. The Hall–Kier alpha value is -0.250. The molecule has 16 heavy (non-hydrogen) atoms. The van der Waals surface area contributed by atoms with Gasteiger partial charge in [-0.05, 0) is 13.8 Å². The van der Waals surface area contributed by atoms with E-state index in [-0.39, 0.29) is 19.8 Å². The second kappa shape index (κ2) is 4.55. The molecule has 0 aliphatic carbocycles. The average Bonchev–Trinajstić information content (AvgIpc) is 2.15. The van der Waals surface area contributed by atoms with Crippen LogP contribution < -0.4 is 0 Å². The smallest absolute Gasteiger partial charge is 0.286 e. The Bertz CT molecular complexity index is 342. The molecule has 0 spiro atoms. The minimum Gasteiger partial charge on any atom is -0.390 e. The SMILES string of the molecule is CC(O)C(C)(N1CCOCC1O)S(=O)(=O)O. The number of hydrogen-bond donors (Lipinski definition) is 3. The number of aliphatic hydroxyl groups excluding tert-OH is 2. The van der Waals surface area contributed by atoms with Gasteiger partial charge in [0.05, 0.1) is 19.3 Å². The van der Waals surface area contributed by atoms with Gasteiger partial charge in [-0.15, -0.1) is 0 Å². The molecule has 3 atom stereocenters. The molecule has 0 bridgehead atoms. The van der Waals surface area contributed by atoms with E-state index in [0.717, 1.165) is 4.90 Å². The van der Waals surface area contributed by atoms with E-state index in [1.165, 1.54) is 13.8 Å². The van der Waals surface area contributed by atoms with E-state index in [0.29, 0.717) is 0 Å². The summed E-state index contributed by atoms with van der Waals surface area (Å²) in [4.78, 5) is -0.813. The minimum absolute atomic E-state index is 0.0577. The van der Waals surface area contributed by atoms with Gasteiger partial charge in [-0.3, -0.25) is 9.45 Å². The van der Waals surface area contributed by atoms with Crippen LogP contribution in [0.1, 0.15) is 13.8 Å². The highest BCUT2D eigenvalue weighted by molar-refractivity contribution is 7.87. The van der Waals surface area contributed by atoms with E-state index in [9.17, 15) is 23.2 Å². The Morgan fingerprint density at radius 2 is 2.12 bits per heavy atom. The first-order valence-corrected chi connectivity index (χ1v) is 6.33. The fourth-order valence-corrected chi connectivity index (χ4v) is 2.65. The number of morpholine rings is 1. The van der Waals surface area contributed by atoms with Gasteiger partial charge in [0.25, 0.3) is 10.1 Å². The van der Waals surface area contributed by atoms with Crippen LogP contribution in [0.2, 0.25) is 0 Å². The van der Waals surface area contributed by atoms with Crippen LogP contribution >= 0.6 is 0 Å². The summed E-state index contributed by atoms with van der Waals surface area (Å²) < 4.78 is 36.8. The maximum Gasteiger partial charge on any atom is 0.286 e. The molecule has 0 radical (unpaired) electrons. The molecule has 8 heteroatoms. The van der Waals surface area contributed by atoms with Crippen molar-refractivity contribution in [3.8, 4) is 0 Å². The van der Waals surface area contributed by atoms with E-state index in [1.54, 1.807) is 0 Å².